The SMILES string of the molecule is N#Cc1ccc(N2C(=O)c3ccccc3C2=O)c(-n2c3ccccc3c3c4c(ccc32)sc2ccccc24)c1. The van der Waals surface area contributed by atoms with Gasteiger partial charge in [-0.3, -0.25) is 9.59 Å². The third-order valence-corrected chi connectivity index (χ3v) is 8.69. The lowest BCUT2D eigenvalue weighted by Gasteiger charge is -2.20. The molecule has 0 aliphatic carbocycles. The first-order valence-electron chi connectivity index (χ1n) is 12.5. The molecule has 1 aliphatic rings. The molecule has 1 aliphatic heterocycles. The maximum Gasteiger partial charge on any atom is 0.266 e. The Morgan fingerprint density at radius 1 is 0.615 bits per heavy atom. The van der Waals surface area contributed by atoms with Gasteiger partial charge in [0.25, 0.3) is 11.8 Å². The van der Waals surface area contributed by atoms with E-state index in [1.54, 1.807) is 53.8 Å². The molecule has 0 bridgehead atoms. The number of nitrogens with zero attached hydrogens (tertiary/aromatic N) is 3. The normalized spacial score (nSPS) is 13.2. The van der Waals surface area contributed by atoms with Gasteiger partial charge in [0.05, 0.1) is 45.2 Å². The van der Waals surface area contributed by atoms with Gasteiger partial charge < -0.3 is 4.57 Å². The van der Waals surface area contributed by atoms with Crippen LogP contribution in [0, 0.1) is 11.3 Å². The summed E-state index contributed by atoms with van der Waals surface area (Å²) in [6.07, 6.45) is 0. The van der Waals surface area contributed by atoms with Crippen molar-refractivity contribution in [2.45, 2.75) is 0 Å². The smallest absolute Gasteiger partial charge is 0.266 e. The minimum Gasteiger partial charge on any atom is -0.307 e. The number of hydrogen-bond donors (Lipinski definition) is 0. The molecule has 6 heteroatoms. The number of imide groups is 1. The van der Waals surface area contributed by atoms with Gasteiger partial charge in [-0.15, -0.1) is 11.3 Å². The molecule has 0 radical (unpaired) electrons. The maximum atomic E-state index is 13.5. The average molecular weight is 520 g/mol. The quantitative estimate of drug-likeness (QED) is 0.219. The molecule has 0 unspecified atom stereocenters. The number of amides is 2. The van der Waals surface area contributed by atoms with Crippen LogP contribution in [0.4, 0.5) is 5.69 Å². The first kappa shape index (κ1) is 21.8. The monoisotopic (exact) mass is 519 g/mol. The molecular formula is C33H17N3O2S. The molecular weight excluding hydrogens is 502 g/mol. The summed E-state index contributed by atoms with van der Waals surface area (Å²) >= 11 is 1.76. The number of carbonyl (C=O) groups excluding carboxylic acids is 2. The summed E-state index contributed by atoms with van der Waals surface area (Å²) in [6.45, 7) is 0. The van der Waals surface area contributed by atoms with Crippen molar-refractivity contribution < 1.29 is 9.59 Å². The van der Waals surface area contributed by atoms with Crippen LogP contribution in [-0.2, 0) is 0 Å². The fourth-order valence-corrected chi connectivity index (χ4v) is 7.02. The molecule has 0 saturated carbocycles. The molecule has 7 aromatic rings. The van der Waals surface area contributed by atoms with Crippen molar-refractivity contribution in [3.05, 3.63) is 120 Å². The Morgan fingerprint density at radius 2 is 1.31 bits per heavy atom. The Hall–Kier alpha value is -5.25. The molecule has 182 valence electrons. The van der Waals surface area contributed by atoms with Gasteiger partial charge in [0.15, 0.2) is 0 Å². The van der Waals surface area contributed by atoms with Crippen LogP contribution in [0.3, 0.4) is 0 Å². The minimum atomic E-state index is -0.367. The number of benzene rings is 5. The molecule has 0 saturated heterocycles. The molecule has 39 heavy (non-hydrogen) atoms. The van der Waals surface area contributed by atoms with Crippen molar-refractivity contribution in [3.63, 3.8) is 0 Å². The van der Waals surface area contributed by atoms with Crippen LogP contribution in [0.15, 0.2) is 103 Å². The van der Waals surface area contributed by atoms with Gasteiger partial charge in [-0.2, -0.15) is 5.26 Å². The van der Waals surface area contributed by atoms with Gasteiger partial charge in [-0.1, -0.05) is 48.5 Å². The van der Waals surface area contributed by atoms with Gasteiger partial charge in [0.2, 0.25) is 0 Å². The van der Waals surface area contributed by atoms with E-state index in [0.29, 0.717) is 28.1 Å². The summed E-state index contributed by atoms with van der Waals surface area (Å²) in [7, 11) is 0. The van der Waals surface area contributed by atoms with Gasteiger partial charge >= 0.3 is 0 Å². The number of anilines is 1. The van der Waals surface area contributed by atoms with Crippen molar-refractivity contribution >= 4 is 70.8 Å². The van der Waals surface area contributed by atoms with E-state index >= 15 is 0 Å². The van der Waals surface area contributed by atoms with E-state index in [1.807, 2.05) is 18.2 Å². The van der Waals surface area contributed by atoms with E-state index in [9.17, 15) is 14.9 Å². The average Bonchev–Trinajstić information content (AvgIpc) is 3.60. The number of carbonyl (C=O) groups is 2. The number of fused-ring (bicyclic) bond motifs is 8. The predicted octanol–water partition coefficient (Wildman–Crippen LogP) is 7.82. The van der Waals surface area contributed by atoms with Crippen molar-refractivity contribution in [2.75, 3.05) is 4.90 Å². The molecule has 3 heterocycles. The number of para-hydroxylation sites is 1. The molecule has 5 nitrogen and oxygen atoms in total. The number of thiophene rings is 1. The summed E-state index contributed by atoms with van der Waals surface area (Å²) < 4.78 is 4.49. The minimum absolute atomic E-state index is 0.367. The fraction of sp³-hybridized carbons (Fsp3) is 0. The summed E-state index contributed by atoms with van der Waals surface area (Å²) in [5.41, 5.74) is 4.13. The van der Waals surface area contributed by atoms with Crippen LogP contribution in [0.2, 0.25) is 0 Å². The van der Waals surface area contributed by atoms with Gasteiger partial charge in [0, 0.05) is 30.9 Å². The zero-order chi connectivity index (χ0) is 26.2. The van der Waals surface area contributed by atoms with Crippen molar-refractivity contribution in [1.82, 2.24) is 4.57 Å². The highest BCUT2D eigenvalue weighted by Crippen LogP contribution is 2.44. The van der Waals surface area contributed by atoms with Crippen LogP contribution < -0.4 is 4.90 Å². The zero-order valence-electron chi connectivity index (χ0n) is 20.4. The van der Waals surface area contributed by atoms with Gasteiger partial charge in [-0.25, -0.2) is 4.90 Å². The Morgan fingerprint density at radius 3 is 2.08 bits per heavy atom. The molecule has 2 aromatic heterocycles. The second-order valence-electron chi connectivity index (χ2n) is 9.59. The van der Waals surface area contributed by atoms with E-state index in [2.05, 4.69) is 53.1 Å². The second kappa shape index (κ2) is 7.87. The van der Waals surface area contributed by atoms with Crippen LogP contribution in [0.5, 0.6) is 0 Å². The lowest BCUT2D eigenvalue weighted by molar-refractivity contribution is 0.0926. The number of rotatable bonds is 2. The third-order valence-electron chi connectivity index (χ3n) is 7.56. The van der Waals surface area contributed by atoms with E-state index < -0.39 is 0 Å². The summed E-state index contributed by atoms with van der Waals surface area (Å²) in [5, 5.41) is 14.4. The summed E-state index contributed by atoms with van der Waals surface area (Å²) in [5.74, 6) is -0.734. The summed E-state index contributed by atoms with van der Waals surface area (Å²) in [4.78, 5) is 28.3. The molecule has 2 amide bonds. The number of nitriles is 1. The predicted molar refractivity (Wildman–Crippen MR) is 156 cm³/mol. The third kappa shape index (κ3) is 2.88. The molecule has 8 rings (SSSR count). The first-order chi connectivity index (χ1) is 19.2. The van der Waals surface area contributed by atoms with Crippen LogP contribution in [0.25, 0.3) is 47.7 Å². The lowest BCUT2D eigenvalue weighted by Crippen LogP contribution is -2.30. The standard InChI is InChI=1S/C33H17N3O2S/c34-18-19-13-14-25(36-32(37)20-7-1-2-8-21(20)33(36)38)27(17-19)35-24-11-5-3-9-22(24)30-26(35)15-16-29-31(30)23-10-4-6-12-28(23)39-29/h1-17H. The van der Waals surface area contributed by atoms with E-state index in [0.717, 1.165) is 21.8 Å². The second-order valence-corrected chi connectivity index (χ2v) is 10.7. The largest absolute Gasteiger partial charge is 0.307 e. The Kier molecular flexibility index (Phi) is 4.40. The number of aromatic nitrogens is 1. The molecule has 0 atom stereocenters. The Balaban J connectivity index is 1.50. The van der Waals surface area contributed by atoms with Crippen molar-refractivity contribution in [2.24, 2.45) is 0 Å². The van der Waals surface area contributed by atoms with Crippen LogP contribution in [-0.4, -0.2) is 16.4 Å². The maximum absolute atomic E-state index is 13.5. The zero-order valence-corrected chi connectivity index (χ0v) is 21.2. The first-order valence-corrected chi connectivity index (χ1v) is 13.3. The molecule has 5 aromatic carbocycles. The number of hydrogen-bond acceptors (Lipinski definition) is 4. The molecule has 0 N–H and O–H groups in total. The van der Waals surface area contributed by atoms with Crippen LogP contribution >= 0.6 is 11.3 Å². The highest BCUT2D eigenvalue weighted by atomic mass is 32.1. The van der Waals surface area contributed by atoms with Crippen molar-refractivity contribution in [1.29, 1.82) is 5.26 Å². The summed E-state index contributed by atoms with van der Waals surface area (Å²) in [6, 6.07) is 35.0. The Bertz CT molecular complexity index is 2210. The highest BCUT2D eigenvalue weighted by molar-refractivity contribution is 7.26. The van der Waals surface area contributed by atoms with E-state index in [4.69, 9.17) is 0 Å². The van der Waals surface area contributed by atoms with Crippen molar-refractivity contribution in [3.8, 4) is 11.8 Å². The van der Waals surface area contributed by atoms with Gasteiger partial charge in [-0.05, 0) is 54.6 Å². The van der Waals surface area contributed by atoms with Gasteiger partial charge in [0.1, 0.15) is 0 Å². The van der Waals surface area contributed by atoms with Crippen LogP contribution in [0.1, 0.15) is 26.3 Å². The topological polar surface area (TPSA) is 66.1 Å². The Labute approximate surface area is 226 Å². The molecule has 0 fully saturated rings. The van der Waals surface area contributed by atoms with E-state index in [1.165, 1.54) is 25.1 Å². The highest BCUT2D eigenvalue weighted by Gasteiger charge is 2.38. The lowest BCUT2D eigenvalue weighted by atomic mass is 10.1. The fourth-order valence-electron chi connectivity index (χ4n) is 5.90. The van der Waals surface area contributed by atoms with E-state index in [-0.39, 0.29) is 11.8 Å². The molecule has 0 spiro atoms.